The molecule has 0 bridgehead atoms. The fourth-order valence-corrected chi connectivity index (χ4v) is 2.76. The number of benzene rings is 2. The van der Waals surface area contributed by atoms with Crippen LogP contribution in [0.2, 0.25) is 0 Å². The summed E-state index contributed by atoms with van der Waals surface area (Å²) in [7, 11) is 1.82. The van der Waals surface area contributed by atoms with Crippen molar-refractivity contribution in [2.45, 2.75) is 13.5 Å². The summed E-state index contributed by atoms with van der Waals surface area (Å²) in [5, 5.41) is 3.28. The predicted molar refractivity (Wildman–Crippen MR) is 98.0 cm³/mol. The Kier molecular flexibility index (Phi) is 4.84. The lowest BCUT2D eigenvalue weighted by molar-refractivity contribution is 0.0949. The predicted octanol–water partition coefficient (Wildman–Crippen LogP) is 2.87. The number of ether oxygens (including phenoxy) is 1. The van der Waals surface area contributed by atoms with E-state index in [-0.39, 0.29) is 16.9 Å². The van der Waals surface area contributed by atoms with Gasteiger partial charge in [-0.25, -0.2) is 0 Å². The van der Waals surface area contributed by atoms with Crippen molar-refractivity contribution in [3.8, 4) is 5.75 Å². The summed E-state index contributed by atoms with van der Waals surface area (Å²) < 4.78 is 7.25. The van der Waals surface area contributed by atoms with Crippen LogP contribution in [0.25, 0.3) is 10.9 Å². The fraction of sp³-hybridized carbons (Fsp3) is 0.200. The monoisotopic (exact) mass is 336 g/mol. The van der Waals surface area contributed by atoms with Gasteiger partial charge in [-0.1, -0.05) is 30.3 Å². The van der Waals surface area contributed by atoms with Gasteiger partial charge < -0.3 is 14.6 Å². The molecular formula is C20H20N2O3. The van der Waals surface area contributed by atoms with Crippen molar-refractivity contribution >= 4 is 16.8 Å². The third kappa shape index (κ3) is 3.55. The van der Waals surface area contributed by atoms with Crippen LogP contribution in [0.4, 0.5) is 0 Å². The highest BCUT2D eigenvalue weighted by molar-refractivity contribution is 5.97. The molecule has 1 heterocycles. The lowest BCUT2D eigenvalue weighted by Gasteiger charge is -2.11. The molecule has 0 saturated heterocycles. The van der Waals surface area contributed by atoms with E-state index in [1.54, 1.807) is 16.8 Å². The molecule has 0 aliphatic heterocycles. The summed E-state index contributed by atoms with van der Waals surface area (Å²) in [6.07, 6.45) is 1.57. The maximum absolute atomic E-state index is 12.8. The van der Waals surface area contributed by atoms with Crippen molar-refractivity contribution in [1.82, 2.24) is 9.88 Å². The van der Waals surface area contributed by atoms with Crippen LogP contribution < -0.4 is 15.5 Å². The van der Waals surface area contributed by atoms with Gasteiger partial charge >= 0.3 is 0 Å². The maximum Gasteiger partial charge on any atom is 0.257 e. The first-order valence-corrected chi connectivity index (χ1v) is 8.18. The number of aryl methyl sites for hydroxylation is 1. The Morgan fingerprint density at radius 2 is 1.92 bits per heavy atom. The molecule has 3 aromatic rings. The topological polar surface area (TPSA) is 60.3 Å². The second-order valence-corrected chi connectivity index (χ2v) is 5.76. The standard InChI is InChI=1S/C20H20N2O3/c1-3-25-15-9-10-18-16(11-15)19(23)17(13-22(18)2)20(24)21-12-14-7-5-4-6-8-14/h4-11,13H,3,12H2,1-2H3,(H,21,24). The molecule has 0 radical (unpaired) electrons. The van der Waals surface area contributed by atoms with Crippen molar-refractivity contribution < 1.29 is 9.53 Å². The van der Waals surface area contributed by atoms with Crippen LogP contribution in [-0.4, -0.2) is 17.1 Å². The second-order valence-electron chi connectivity index (χ2n) is 5.76. The van der Waals surface area contributed by atoms with Gasteiger partial charge in [0, 0.05) is 19.8 Å². The molecule has 3 rings (SSSR count). The summed E-state index contributed by atoms with van der Waals surface area (Å²) in [5.41, 5.74) is 1.57. The SMILES string of the molecule is CCOc1ccc2c(c1)c(=O)c(C(=O)NCc1ccccc1)cn2C. The van der Waals surface area contributed by atoms with Gasteiger partial charge in [0.2, 0.25) is 5.43 Å². The van der Waals surface area contributed by atoms with Crippen molar-refractivity contribution in [1.29, 1.82) is 0 Å². The average molecular weight is 336 g/mol. The van der Waals surface area contributed by atoms with Crippen LogP contribution >= 0.6 is 0 Å². The molecule has 0 atom stereocenters. The van der Waals surface area contributed by atoms with Gasteiger partial charge in [0.15, 0.2) is 0 Å². The van der Waals surface area contributed by atoms with Crippen molar-refractivity contribution in [2.75, 3.05) is 6.61 Å². The molecule has 5 heteroatoms. The minimum absolute atomic E-state index is 0.125. The first-order valence-electron chi connectivity index (χ1n) is 8.18. The number of rotatable bonds is 5. The maximum atomic E-state index is 12.8. The highest BCUT2D eigenvalue weighted by Crippen LogP contribution is 2.18. The number of fused-ring (bicyclic) bond motifs is 1. The zero-order chi connectivity index (χ0) is 17.8. The van der Waals surface area contributed by atoms with Crippen LogP contribution in [0.1, 0.15) is 22.8 Å². The molecule has 0 aliphatic carbocycles. The van der Waals surface area contributed by atoms with E-state index in [1.807, 2.05) is 56.4 Å². The minimum atomic E-state index is -0.381. The van der Waals surface area contributed by atoms with Gasteiger partial charge in [-0.15, -0.1) is 0 Å². The average Bonchev–Trinajstić information content (AvgIpc) is 2.64. The summed E-state index contributed by atoms with van der Waals surface area (Å²) in [6, 6.07) is 14.9. The van der Waals surface area contributed by atoms with E-state index in [1.165, 1.54) is 0 Å². The zero-order valence-corrected chi connectivity index (χ0v) is 14.3. The van der Waals surface area contributed by atoms with Crippen LogP contribution in [0, 0.1) is 0 Å². The number of hydrogen-bond acceptors (Lipinski definition) is 3. The first kappa shape index (κ1) is 16.8. The molecule has 0 fully saturated rings. The van der Waals surface area contributed by atoms with Crippen molar-refractivity contribution in [2.24, 2.45) is 7.05 Å². The quantitative estimate of drug-likeness (QED) is 0.779. The number of hydrogen-bond donors (Lipinski definition) is 1. The van der Waals surface area contributed by atoms with Crippen molar-refractivity contribution in [3.05, 3.63) is 76.1 Å². The summed E-state index contributed by atoms with van der Waals surface area (Å²) >= 11 is 0. The third-order valence-corrected chi connectivity index (χ3v) is 4.01. The lowest BCUT2D eigenvalue weighted by atomic mass is 10.1. The minimum Gasteiger partial charge on any atom is -0.494 e. The van der Waals surface area contributed by atoms with Crippen LogP contribution in [0.5, 0.6) is 5.75 Å². The third-order valence-electron chi connectivity index (χ3n) is 4.01. The molecule has 25 heavy (non-hydrogen) atoms. The van der Waals surface area contributed by atoms with E-state index in [0.29, 0.717) is 24.3 Å². The highest BCUT2D eigenvalue weighted by atomic mass is 16.5. The molecule has 5 nitrogen and oxygen atoms in total. The van der Waals surface area contributed by atoms with Gasteiger partial charge in [-0.2, -0.15) is 0 Å². The number of carbonyl (C=O) groups excluding carboxylic acids is 1. The summed E-state index contributed by atoms with van der Waals surface area (Å²) in [6.45, 7) is 2.78. The summed E-state index contributed by atoms with van der Waals surface area (Å²) in [5.74, 6) is 0.238. The number of aromatic nitrogens is 1. The number of amides is 1. The van der Waals surface area contributed by atoms with E-state index < -0.39 is 0 Å². The highest BCUT2D eigenvalue weighted by Gasteiger charge is 2.15. The van der Waals surface area contributed by atoms with Gasteiger partial charge in [0.05, 0.1) is 17.5 Å². The first-order chi connectivity index (χ1) is 12.1. The van der Waals surface area contributed by atoms with E-state index in [0.717, 1.165) is 11.1 Å². The number of nitrogens with one attached hydrogen (secondary N) is 1. The van der Waals surface area contributed by atoms with Gasteiger partial charge in [0.1, 0.15) is 11.3 Å². The number of carbonyl (C=O) groups is 1. The van der Waals surface area contributed by atoms with E-state index in [9.17, 15) is 9.59 Å². The summed E-state index contributed by atoms with van der Waals surface area (Å²) in [4.78, 5) is 25.2. The Hall–Kier alpha value is -3.08. The molecule has 1 N–H and O–H groups in total. The van der Waals surface area contributed by atoms with Crippen molar-refractivity contribution in [3.63, 3.8) is 0 Å². The van der Waals surface area contributed by atoms with Crippen LogP contribution in [-0.2, 0) is 13.6 Å². The fourth-order valence-electron chi connectivity index (χ4n) is 2.76. The molecule has 2 aromatic carbocycles. The molecule has 1 amide bonds. The molecule has 0 unspecified atom stereocenters. The number of pyridine rings is 1. The van der Waals surface area contributed by atoms with Crippen LogP contribution in [0.3, 0.4) is 0 Å². The Morgan fingerprint density at radius 1 is 1.16 bits per heavy atom. The Labute approximate surface area is 145 Å². The lowest BCUT2D eigenvalue weighted by Crippen LogP contribution is -2.29. The largest absolute Gasteiger partial charge is 0.494 e. The molecular weight excluding hydrogens is 316 g/mol. The van der Waals surface area contributed by atoms with E-state index in [4.69, 9.17) is 4.74 Å². The smallest absolute Gasteiger partial charge is 0.257 e. The van der Waals surface area contributed by atoms with Gasteiger partial charge in [-0.05, 0) is 30.7 Å². The van der Waals surface area contributed by atoms with E-state index in [2.05, 4.69) is 5.32 Å². The Morgan fingerprint density at radius 3 is 2.64 bits per heavy atom. The van der Waals surface area contributed by atoms with E-state index >= 15 is 0 Å². The van der Waals surface area contributed by atoms with Gasteiger partial charge in [-0.3, -0.25) is 9.59 Å². The zero-order valence-electron chi connectivity index (χ0n) is 14.3. The molecule has 0 spiro atoms. The molecule has 128 valence electrons. The second kappa shape index (κ2) is 7.21. The normalized spacial score (nSPS) is 10.6. The van der Waals surface area contributed by atoms with Crippen LogP contribution in [0.15, 0.2) is 59.5 Å². The Bertz CT molecular complexity index is 962. The number of nitrogens with zero attached hydrogens (tertiary/aromatic N) is 1. The molecule has 1 aromatic heterocycles. The van der Waals surface area contributed by atoms with Gasteiger partial charge in [0.25, 0.3) is 5.91 Å². The molecule has 0 saturated carbocycles. The molecule has 0 aliphatic rings. The Balaban J connectivity index is 1.94.